The van der Waals surface area contributed by atoms with Crippen molar-refractivity contribution < 1.29 is 8.91 Å². The van der Waals surface area contributed by atoms with Crippen molar-refractivity contribution >= 4 is 0 Å². The van der Waals surface area contributed by atoms with Gasteiger partial charge in [-0.2, -0.15) is 4.98 Å². The topological polar surface area (TPSA) is 81.7 Å². The largest absolute Gasteiger partial charge is 0.330 e. The highest BCUT2D eigenvalue weighted by Crippen LogP contribution is 2.22. The molecule has 7 nitrogen and oxygen atoms in total. The predicted octanol–water partition coefficient (Wildman–Crippen LogP) is 1.24. The van der Waals surface area contributed by atoms with Crippen LogP contribution in [0.1, 0.15) is 5.82 Å². The second kappa shape index (κ2) is 4.74. The zero-order valence-electron chi connectivity index (χ0n) is 11.0. The fraction of sp³-hybridized carbons (Fsp3) is 0.231. The first-order valence-electron chi connectivity index (χ1n) is 6.54. The molecule has 3 heterocycles. The van der Waals surface area contributed by atoms with E-state index >= 15 is 0 Å². The van der Waals surface area contributed by atoms with Crippen LogP contribution in [-0.4, -0.2) is 31.4 Å². The normalized spacial score (nSPS) is 14.1. The highest BCUT2D eigenvalue weighted by atomic mass is 19.1. The first kappa shape index (κ1) is 12.2. The molecule has 106 valence electrons. The molecule has 1 aliphatic heterocycles. The van der Waals surface area contributed by atoms with E-state index in [9.17, 15) is 4.39 Å². The number of halogens is 1. The van der Waals surface area contributed by atoms with Crippen LogP contribution in [0.4, 0.5) is 4.39 Å². The molecule has 0 saturated heterocycles. The summed E-state index contributed by atoms with van der Waals surface area (Å²) in [5.74, 6) is 1.82. The van der Waals surface area contributed by atoms with Crippen molar-refractivity contribution in [2.75, 3.05) is 6.54 Å². The van der Waals surface area contributed by atoms with Crippen molar-refractivity contribution in [3.63, 3.8) is 0 Å². The van der Waals surface area contributed by atoms with Crippen LogP contribution in [-0.2, 0) is 13.1 Å². The van der Waals surface area contributed by atoms with Crippen molar-refractivity contribution in [1.82, 2.24) is 30.2 Å². The summed E-state index contributed by atoms with van der Waals surface area (Å²) in [7, 11) is 0. The lowest BCUT2D eigenvalue weighted by Crippen LogP contribution is -2.28. The second-order valence-electron chi connectivity index (χ2n) is 4.70. The van der Waals surface area contributed by atoms with Gasteiger partial charge in [-0.05, 0) is 24.3 Å². The summed E-state index contributed by atoms with van der Waals surface area (Å²) in [5, 5.41) is 15.3. The van der Waals surface area contributed by atoms with Crippen LogP contribution in [0.3, 0.4) is 0 Å². The first-order chi connectivity index (χ1) is 10.3. The molecule has 8 heteroatoms. The van der Waals surface area contributed by atoms with E-state index in [4.69, 9.17) is 4.52 Å². The molecule has 0 unspecified atom stereocenters. The molecule has 0 bridgehead atoms. The quantitative estimate of drug-likeness (QED) is 0.763. The molecule has 1 aliphatic rings. The van der Waals surface area contributed by atoms with E-state index in [0.29, 0.717) is 29.6 Å². The van der Waals surface area contributed by atoms with Gasteiger partial charge in [-0.25, -0.2) is 4.39 Å². The average Bonchev–Trinajstić information content (AvgIpc) is 3.14. The van der Waals surface area contributed by atoms with Gasteiger partial charge < -0.3 is 14.4 Å². The summed E-state index contributed by atoms with van der Waals surface area (Å²) >= 11 is 0. The van der Waals surface area contributed by atoms with Gasteiger partial charge >= 0.3 is 0 Å². The van der Waals surface area contributed by atoms with Crippen LogP contribution in [0.2, 0.25) is 0 Å². The number of nitrogens with zero attached hydrogens (tertiary/aromatic N) is 5. The first-order valence-corrected chi connectivity index (χ1v) is 6.54. The Balaban J connectivity index is 1.71. The Bertz CT molecular complexity index is 778. The molecule has 1 aromatic carbocycles. The summed E-state index contributed by atoms with van der Waals surface area (Å²) in [6.45, 7) is 2.27. The molecule has 2 aromatic heterocycles. The summed E-state index contributed by atoms with van der Waals surface area (Å²) in [6.07, 6.45) is 0. The minimum Gasteiger partial charge on any atom is -0.330 e. The Hall–Kier alpha value is -2.61. The van der Waals surface area contributed by atoms with Crippen LogP contribution in [0.5, 0.6) is 0 Å². The minimum atomic E-state index is -0.304. The predicted molar refractivity (Wildman–Crippen MR) is 70.4 cm³/mol. The maximum Gasteiger partial charge on any atom is 0.296 e. The molecule has 0 spiro atoms. The zero-order chi connectivity index (χ0) is 14.2. The average molecular weight is 286 g/mol. The summed E-state index contributed by atoms with van der Waals surface area (Å²) in [5.41, 5.74) is 0.687. The number of aromatic nitrogens is 5. The van der Waals surface area contributed by atoms with Gasteiger partial charge in [0.25, 0.3) is 5.89 Å². The Morgan fingerprint density at radius 3 is 2.90 bits per heavy atom. The van der Waals surface area contributed by atoms with E-state index in [1.54, 1.807) is 12.1 Å². The van der Waals surface area contributed by atoms with Gasteiger partial charge in [-0.15, -0.1) is 10.2 Å². The van der Waals surface area contributed by atoms with Crippen LogP contribution in [0, 0.1) is 5.82 Å². The third-order valence-corrected chi connectivity index (χ3v) is 3.34. The third kappa shape index (κ3) is 2.09. The van der Waals surface area contributed by atoms with Gasteiger partial charge in [0.15, 0.2) is 0 Å². The van der Waals surface area contributed by atoms with Gasteiger partial charge in [0, 0.05) is 18.7 Å². The molecule has 0 saturated carbocycles. The SMILES string of the molecule is Fc1ccc(-c2noc(-c3nnc4n3CCNC4)n2)cc1. The van der Waals surface area contributed by atoms with Gasteiger partial charge in [-0.3, -0.25) is 0 Å². The Morgan fingerprint density at radius 2 is 2.05 bits per heavy atom. The van der Waals surface area contributed by atoms with Crippen molar-refractivity contribution in [2.24, 2.45) is 0 Å². The van der Waals surface area contributed by atoms with Crippen molar-refractivity contribution in [2.45, 2.75) is 13.1 Å². The molecule has 0 atom stereocenters. The van der Waals surface area contributed by atoms with E-state index in [2.05, 4.69) is 25.7 Å². The number of nitrogens with one attached hydrogen (secondary N) is 1. The molecule has 3 aromatic rings. The maximum atomic E-state index is 12.9. The van der Waals surface area contributed by atoms with Crippen molar-refractivity contribution in [1.29, 1.82) is 0 Å². The van der Waals surface area contributed by atoms with E-state index in [-0.39, 0.29) is 5.82 Å². The highest BCUT2D eigenvalue weighted by molar-refractivity contribution is 5.56. The number of rotatable bonds is 2. The Labute approximate surface area is 118 Å². The number of fused-ring (bicyclic) bond motifs is 1. The zero-order valence-corrected chi connectivity index (χ0v) is 11.0. The van der Waals surface area contributed by atoms with E-state index < -0.39 is 0 Å². The van der Waals surface area contributed by atoms with Gasteiger partial charge in [-0.1, -0.05) is 5.16 Å². The van der Waals surface area contributed by atoms with E-state index in [1.807, 2.05) is 4.57 Å². The molecule has 0 amide bonds. The molecule has 0 fully saturated rings. The van der Waals surface area contributed by atoms with Gasteiger partial charge in [0.1, 0.15) is 11.6 Å². The summed E-state index contributed by atoms with van der Waals surface area (Å²) in [6, 6.07) is 5.92. The monoisotopic (exact) mass is 286 g/mol. The minimum absolute atomic E-state index is 0.304. The molecule has 0 aliphatic carbocycles. The van der Waals surface area contributed by atoms with Gasteiger partial charge in [0.05, 0.1) is 6.54 Å². The second-order valence-corrected chi connectivity index (χ2v) is 4.70. The molecule has 4 rings (SSSR count). The molecular formula is C13H11FN6O. The third-order valence-electron chi connectivity index (χ3n) is 3.34. The Morgan fingerprint density at radius 1 is 1.19 bits per heavy atom. The summed E-state index contributed by atoms with van der Waals surface area (Å²) in [4.78, 5) is 4.32. The lowest BCUT2D eigenvalue weighted by Gasteiger charge is -2.14. The Kier molecular flexibility index (Phi) is 2.74. The van der Waals surface area contributed by atoms with Crippen LogP contribution < -0.4 is 5.32 Å². The maximum absolute atomic E-state index is 12.9. The number of hydrogen-bond acceptors (Lipinski definition) is 6. The molecule has 1 N–H and O–H groups in total. The van der Waals surface area contributed by atoms with Crippen LogP contribution in [0.25, 0.3) is 23.1 Å². The number of hydrogen-bond donors (Lipinski definition) is 1. The van der Waals surface area contributed by atoms with Crippen LogP contribution in [0.15, 0.2) is 28.8 Å². The summed E-state index contributed by atoms with van der Waals surface area (Å²) < 4.78 is 20.1. The molecule has 21 heavy (non-hydrogen) atoms. The smallest absolute Gasteiger partial charge is 0.296 e. The molecular weight excluding hydrogens is 275 g/mol. The van der Waals surface area contributed by atoms with Crippen molar-refractivity contribution in [3.8, 4) is 23.1 Å². The standard InChI is InChI=1S/C13H11FN6O/c14-9-3-1-8(2-4-9)11-16-13(21-19-11)12-18-17-10-7-15-5-6-20(10)12/h1-4,15H,5-7H2. The van der Waals surface area contributed by atoms with E-state index in [0.717, 1.165) is 18.9 Å². The fourth-order valence-electron chi connectivity index (χ4n) is 2.28. The van der Waals surface area contributed by atoms with Crippen molar-refractivity contribution in [3.05, 3.63) is 35.9 Å². The lowest BCUT2D eigenvalue weighted by molar-refractivity contribution is 0.423. The molecule has 0 radical (unpaired) electrons. The lowest BCUT2D eigenvalue weighted by atomic mass is 10.2. The van der Waals surface area contributed by atoms with Gasteiger partial charge in [0.2, 0.25) is 11.6 Å². The fourth-order valence-corrected chi connectivity index (χ4v) is 2.28. The number of benzene rings is 1. The highest BCUT2D eigenvalue weighted by Gasteiger charge is 2.21. The van der Waals surface area contributed by atoms with Crippen LogP contribution >= 0.6 is 0 Å². The van der Waals surface area contributed by atoms with E-state index in [1.165, 1.54) is 12.1 Å².